The van der Waals surface area contributed by atoms with Crippen molar-refractivity contribution in [3.8, 4) is 0 Å². The molecule has 78 valence electrons. The molecular weight excluding hydrogens is 236 g/mol. The molecule has 1 heterocycles. The van der Waals surface area contributed by atoms with E-state index >= 15 is 0 Å². The summed E-state index contributed by atoms with van der Waals surface area (Å²) in [7, 11) is 0. The number of hydrogen-bond donors (Lipinski definition) is 0. The van der Waals surface area contributed by atoms with Gasteiger partial charge >= 0.3 is 6.03 Å². The molecular formula is C9H7ClN2O2S. The average Bonchev–Trinajstić information content (AvgIpc) is 2.48. The summed E-state index contributed by atoms with van der Waals surface area (Å²) in [4.78, 5) is 23.4. The van der Waals surface area contributed by atoms with Gasteiger partial charge in [-0.25, -0.2) is 4.79 Å². The molecule has 1 saturated heterocycles. The Morgan fingerprint density at radius 3 is 2.40 bits per heavy atom. The molecule has 0 atom stereocenters. The molecule has 15 heavy (non-hydrogen) atoms. The summed E-state index contributed by atoms with van der Waals surface area (Å²) in [6.07, 6.45) is 0. The van der Waals surface area contributed by atoms with Crippen LogP contribution in [0.3, 0.4) is 0 Å². The summed E-state index contributed by atoms with van der Waals surface area (Å²) in [5, 5.41) is 0. The van der Waals surface area contributed by atoms with E-state index in [1.54, 1.807) is 0 Å². The van der Waals surface area contributed by atoms with E-state index in [0.717, 1.165) is 4.90 Å². The normalized spacial score (nSPS) is 16.3. The molecule has 3 amide bonds. The lowest BCUT2D eigenvalue weighted by molar-refractivity contribution is -0.121. The van der Waals surface area contributed by atoms with Gasteiger partial charge in [-0.1, -0.05) is 18.2 Å². The molecule has 0 aliphatic carbocycles. The zero-order chi connectivity index (χ0) is 10.8. The van der Waals surface area contributed by atoms with E-state index in [0.29, 0.717) is 4.42 Å². The highest BCUT2D eigenvalue weighted by Gasteiger charge is 2.35. The Morgan fingerprint density at radius 1 is 1.20 bits per heavy atom. The van der Waals surface area contributed by atoms with Crippen molar-refractivity contribution >= 4 is 35.7 Å². The minimum Gasteiger partial charge on any atom is -0.271 e. The van der Waals surface area contributed by atoms with Gasteiger partial charge in [-0.05, 0) is 24.1 Å². The molecule has 0 bridgehead atoms. The van der Waals surface area contributed by atoms with Gasteiger partial charge in [0.1, 0.15) is 6.54 Å². The summed E-state index contributed by atoms with van der Waals surface area (Å²) in [6.45, 7) is 0.0158. The van der Waals surface area contributed by atoms with Crippen molar-refractivity contribution in [3.63, 3.8) is 0 Å². The smallest absolute Gasteiger partial charge is 0.271 e. The molecule has 1 fully saturated rings. The maximum absolute atomic E-state index is 11.4. The first-order valence-corrected chi connectivity index (χ1v) is 5.33. The van der Waals surface area contributed by atoms with Crippen LogP contribution < -0.4 is 0 Å². The zero-order valence-corrected chi connectivity index (χ0v) is 9.16. The third-order valence-electron chi connectivity index (χ3n) is 1.84. The van der Waals surface area contributed by atoms with Gasteiger partial charge in [-0.15, -0.1) is 0 Å². The number of carbonyl (C=O) groups is 2. The van der Waals surface area contributed by atoms with Crippen LogP contribution in [0.15, 0.2) is 35.2 Å². The maximum Gasteiger partial charge on any atom is 0.352 e. The molecule has 0 radical (unpaired) electrons. The fraction of sp³-hybridized carbons (Fsp3) is 0.111. The number of nitrogens with zero attached hydrogens (tertiary/aromatic N) is 2. The highest BCUT2D eigenvalue weighted by Crippen LogP contribution is 2.27. The second-order valence-corrected chi connectivity index (χ2v) is 4.33. The number of halogens is 1. The van der Waals surface area contributed by atoms with Crippen molar-refractivity contribution in [1.29, 1.82) is 0 Å². The van der Waals surface area contributed by atoms with Gasteiger partial charge in [0.2, 0.25) is 0 Å². The average molecular weight is 243 g/mol. The van der Waals surface area contributed by atoms with Crippen molar-refractivity contribution in [3.05, 3.63) is 30.3 Å². The number of imide groups is 1. The maximum atomic E-state index is 11.4. The molecule has 1 aliphatic rings. The van der Waals surface area contributed by atoms with E-state index in [1.807, 2.05) is 30.3 Å². The highest BCUT2D eigenvalue weighted by atomic mass is 35.5. The summed E-state index contributed by atoms with van der Waals surface area (Å²) in [5.41, 5.74) is 0. The quantitative estimate of drug-likeness (QED) is 0.453. The lowest BCUT2D eigenvalue weighted by Gasteiger charge is -2.11. The Labute approximate surface area is 96.0 Å². The number of hydrogen-bond acceptors (Lipinski definition) is 3. The molecule has 1 aliphatic heterocycles. The Hall–Kier alpha value is -1.20. The molecule has 0 N–H and O–H groups in total. The molecule has 0 spiro atoms. The lowest BCUT2D eigenvalue weighted by atomic mass is 10.4. The van der Waals surface area contributed by atoms with Crippen molar-refractivity contribution in [2.75, 3.05) is 6.54 Å². The standard InChI is InChI=1S/C9H7ClN2O2S/c10-12-8(13)6-11(9(12)14)15-7-4-2-1-3-5-7/h1-5H,6H2. The van der Waals surface area contributed by atoms with Crippen LogP contribution in [0.25, 0.3) is 0 Å². The number of carbonyl (C=O) groups excluding carboxylic acids is 2. The van der Waals surface area contributed by atoms with Gasteiger partial charge in [0.25, 0.3) is 5.91 Å². The Morgan fingerprint density at radius 2 is 1.87 bits per heavy atom. The second kappa shape index (κ2) is 4.12. The van der Waals surface area contributed by atoms with E-state index in [1.165, 1.54) is 16.3 Å². The fourth-order valence-electron chi connectivity index (χ4n) is 1.14. The van der Waals surface area contributed by atoms with Crippen molar-refractivity contribution < 1.29 is 9.59 Å². The summed E-state index contributed by atoms with van der Waals surface area (Å²) in [6, 6.07) is 8.84. The van der Waals surface area contributed by atoms with E-state index in [9.17, 15) is 9.59 Å². The minimum absolute atomic E-state index is 0.0158. The van der Waals surface area contributed by atoms with Gasteiger partial charge in [0.05, 0.1) is 0 Å². The van der Waals surface area contributed by atoms with Crippen LogP contribution in [-0.2, 0) is 4.79 Å². The van der Waals surface area contributed by atoms with Gasteiger partial charge in [0, 0.05) is 16.7 Å². The predicted molar refractivity (Wildman–Crippen MR) is 57.1 cm³/mol. The van der Waals surface area contributed by atoms with Gasteiger partial charge in [-0.3, -0.25) is 9.10 Å². The summed E-state index contributed by atoms with van der Waals surface area (Å²) < 4.78 is 1.93. The topological polar surface area (TPSA) is 40.6 Å². The Bertz CT molecular complexity index is 398. The van der Waals surface area contributed by atoms with Crippen molar-refractivity contribution in [2.45, 2.75) is 4.90 Å². The Kier molecular flexibility index (Phi) is 2.83. The largest absolute Gasteiger partial charge is 0.352 e. The molecule has 0 unspecified atom stereocenters. The van der Waals surface area contributed by atoms with E-state index in [4.69, 9.17) is 11.8 Å². The van der Waals surface area contributed by atoms with Crippen LogP contribution >= 0.6 is 23.7 Å². The SMILES string of the molecule is O=C1CN(Sc2ccccc2)C(=O)N1Cl. The first kappa shape index (κ1) is 10.3. The van der Waals surface area contributed by atoms with Crippen LogP contribution in [0.4, 0.5) is 4.79 Å². The monoisotopic (exact) mass is 242 g/mol. The first-order chi connectivity index (χ1) is 7.18. The number of rotatable bonds is 2. The summed E-state index contributed by atoms with van der Waals surface area (Å²) in [5.74, 6) is -0.398. The van der Waals surface area contributed by atoms with Crippen LogP contribution in [-0.4, -0.2) is 27.2 Å². The number of urea groups is 1. The van der Waals surface area contributed by atoms with Crippen molar-refractivity contribution in [2.24, 2.45) is 0 Å². The first-order valence-electron chi connectivity index (χ1n) is 4.22. The van der Waals surface area contributed by atoms with Gasteiger partial charge in [-0.2, -0.15) is 4.42 Å². The molecule has 2 rings (SSSR count). The molecule has 1 aromatic rings. The molecule has 0 aromatic heterocycles. The lowest BCUT2D eigenvalue weighted by Crippen LogP contribution is -2.21. The Balaban J connectivity index is 2.09. The molecule has 4 nitrogen and oxygen atoms in total. The van der Waals surface area contributed by atoms with E-state index < -0.39 is 11.9 Å². The summed E-state index contributed by atoms with van der Waals surface area (Å²) >= 11 is 6.66. The number of amides is 3. The van der Waals surface area contributed by atoms with Crippen LogP contribution in [0.2, 0.25) is 0 Å². The van der Waals surface area contributed by atoms with Crippen LogP contribution in [0.5, 0.6) is 0 Å². The zero-order valence-electron chi connectivity index (χ0n) is 7.59. The number of benzene rings is 1. The fourth-order valence-corrected chi connectivity index (χ4v) is 2.19. The highest BCUT2D eigenvalue weighted by molar-refractivity contribution is 7.97. The third-order valence-corrected chi connectivity index (χ3v) is 3.16. The molecule has 0 saturated carbocycles. The van der Waals surface area contributed by atoms with E-state index in [2.05, 4.69) is 0 Å². The second-order valence-electron chi connectivity index (χ2n) is 2.90. The van der Waals surface area contributed by atoms with Crippen molar-refractivity contribution in [1.82, 2.24) is 8.72 Å². The molecule has 1 aromatic carbocycles. The van der Waals surface area contributed by atoms with E-state index in [-0.39, 0.29) is 6.54 Å². The van der Waals surface area contributed by atoms with Crippen LogP contribution in [0, 0.1) is 0 Å². The third kappa shape index (κ3) is 2.08. The minimum atomic E-state index is -0.490. The van der Waals surface area contributed by atoms with Gasteiger partial charge < -0.3 is 0 Å². The van der Waals surface area contributed by atoms with Crippen LogP contribution in [0.1, 0.15) is 0 Å². The molecule has 6 heteroatoms. The predicted octanol–water partition coefficient (Wildman–Crippen LogP) is 2.11. The van der Waals surface area contributed by atoms with Gasteiger partial charge in [0.15, 0.2) is 0 Å².